The number of allylic oxidation sites excluding steroid dienone is 1. The summed E-state index contributed by atoms with van der Waals surface area (Å²) in [5.41, 5.74) is -0.352. The van der Waals surface area contributed by atoms with E-state index in [9.17, 15) is 18.4 Å². The van der Waals surface area contributed by atoms with E-state index in [0.29, 0.717) is 22.8 Å². The van der Waals surface area contributed by atoms with Gasteiger partial charge in [0.2, 0.25) is 5.96 Å². The molecule has 2 heterocycles. The van der Waals surface area contributed by atoms with Gasteiger partial charge in [0.05, 0.1) is 22.9 Å². The summed E-state index contributed by atoms with van der Waals surface area (Å²) in [6, 6.07) is 6.05. The second kappa shape index (κ2) is 5.87. The lowest BCUT2D eigenvalue weighted by atomic mass is 9.72. The lowest BCUT2D eigenvalue weighted by Crippen LogP contribution is -2.54. The van der Waals surface area contributed by atoms with Gasteiger partial charge in [-0.05, 0) is 37.5 Å². The van der Waals surface area contributed by atoms with Crippen molar-refractivity contribution in [3.05, 3.63) is 46.2 Å². The number of fused-ring (bicyclic) bond motifs is 1. The lowest BCUT2D eigenvalue weighted by Gasteiger charge is -2.45. The zero-order valence-electron chi connectivity index (χ0n) is 14.8. The van der Waals surface area contributed by atoms with Crippen LogP contribution in [0.5, 0.6) is 0 Å². The van der Waals surface area contributed by atoms with Gasteiger partial charge < -0.3 is 5.32 Å². The van der Waals surface area contributed by atoms with Crippen LogP contribution in [-0.2, 0) is 11.7 Å². The zero-order valence-corrected chi connectivity index (χ0v) is 14.8. The summed E-state index contributed by atoms with van der Waals surface area (Å²) in [7, 11) is 0. The molecule has 1 aromatic carbocycles. The van der Waals surface area contributed by atoms with Gasteiger partial charge in [0.15, 0.2) is 0 Å². The van der Waals surface area contributed by atoms with Crippen LogP contribution >= 0.6 is 0 Å². The van der Waals surface area contributed by atoms with E-state index in [4.69, 9.17) is 0 Å². The molecule has 0 bridgehead atoms. The van der Waals surface area contributed by atoms with Crippen molar-refractivity contribution in [2.75, 3.05) is 0 Å². The highest BCUT2D eigenvalue weighted by atomic mass is 19.4. The van der Waals surface area contributed by atoms with Crippen molar-refractivity contribution < 1.29 is 13.2 Å². The molecule has 8 heteroatoms. The predicted octanol–water partition coefficient (Wildman–Crippen LogP) is 3.88. The average molecular weight is 361 g/mol. The van der Waals surface area contributed by atoms with Crippen LogP contribution in [0, 0.1) is 24.2 Å². The largest absolute Gasteiger partial charge is 0.416 e. The number of nitrogens with zero attached hydrogens (tertiary/aromatic N) is 4. The smallest absolute Gasteiger partial charge is 0.314 e. The van der Waals surface area contributed by atoms with E-state index >= 15 is 0 Å². The number of aliphatic imine (C=N–C) groups is 1. The first-order valence-corrected chi connectivity index (χ1v) is 8.11. The topological polar surface area (TPSA) is 63.8 Å². The maximum absolute atomic E-state index is 13.4. The third kappa shape index (κ3) is 2.46. The minimum atomic E-state index is -4.48. The highest BCUT2D eigenvalue weighted by molar-refractivity contribution is 5.96. The van der Waals surface area contributed by atoms with E-state index < -0.39 is 17.3 Å². The molecule has 5 nitrogen and oxygen atoms in total. The van der Waals surface area contributed by atoms with E-state index in [1.54, 1.807) is 19.9 Å². The highest BCUT2D eigenvalue weighted by Gasteiger charge is 2.52. The first-order chi connectivity index (χ1) is 12.1. The van der Waals surface area contributed by atoms with Crippen molar-refractivity contribution in [3.63, 3.8) is 0 Å². The van der Waals surface area contributed by atoms with Crippen molar-refractivity contribution in [1.29, 1.82) is 5.26 Å². The first kappa shape index (κ1) is 18.0. The van der Waals surface area contributed by atoms with Gasteiger partial charge in [-0.2, -0.15) is 23.5 Å². The maximum Gasteiger partial charge on any atom is 0.416 e. The molecule has 1 aromatic rings. The summed E-state index contributed by atoms with van der Waals surface area (Å²) in [5.74, 6) is 0.141. The van der Waals surface area contributed by atoms with Gasteiger partial charge in [0.1, 0.15) is 11.9 Å². The summed E-state index contributed by atoms with van der Waals surface area (Å²) in [6.07, 6.45) is -3.06. The molecule has 0 saturated heterocycles. The van der Waals surface area contributed by atoms with Crippen molar-refractivity contribution in [2.24, 2.45) is 16.0 Å². The molecule has 0 aromatic heterocycles. The number of hydrogen-bond acceptors (Lipinski definition) is 5. The molecule has 0 radical (unpaired) electrons. The second-order valence-electron chi connectivity index (χ2n) is 6.71. The van der Waals surface area contributed by atoms with Gasteiger partial charge in [-0.1, -0.05) is 25.5 Å². The number of nitriles is 1. The van der Waals surface area contributed by atoms with Crippen LogP contribution in [0.25, 0.3) is 0 Å². The molecule has 0 fully saturated rings. The summed E-state index contributed by atoms with van der Waals surface area (Å²) in [4.78, 5) is 4.33. The minimum absolute atomic E-state index is 0.252. The van der Waals surface area contributed by atoms with Crippen LogP contribution in [-0.4, -0.2) is 17.3 Å². The number of nitrogens with one attached hydrogen (secondary N) is 1. The summed E-state index contributed by atoms with van der Waals surface area (Å²) >= 11 is 0. The molecular weight excluding hydrogens is 343 g/mol. The molecule has 0 amide bonds. The fourth-order valence-electron chi connectivity index (χ4n) is 3.66. The van der Waals surface area contributed by atoms with Crippen LogP contribution in [0.4, 0.5) is 13.2 Å². The number of guanidine groups is 1. The molecule has 1 N–H and O–H groups in total. The molecule has 2 aliphatic heterocycles. The lowest BCUT2D eigenvalue weighted by molar-refractivity contribution is -0.137. The summed E-state index contributed by atoms with van der Waals surface area (Å²) < 4.78 is 40.2. The normalized spacial score (nSPS) is 22.3. The molecular formula is C18H18F3N5. The van der Waals surface area contributed by atoms with Crippen LogP contribution < -0.4 is 5.32 Å². The molecule has 0 spiro atoms. The number of hydrazone groups is 1. The van der Waals surface area contributed by atoms with Crippen LogP contribution in [0.3, 0.4) is 0 Å². The number of hydrogen-bond donors (Lipinski definition) is 1. The van der Waals surface area contributed by atoms with E-state index in [-0.39, 0.29) is 11.5 Å². The van der Waals surface area contributed by atoms with Crippen LogP contribution in [0.2, 0.25) is 0 Å². The fourth-order valence-corrected chi connectivity index (χ4v) is 3.66. The summed E-state index contributed by atoms with van der Waals surface area (Å²) in [6.45, 7) is 7.01. The molecule has 2 aliphatic rings. The first-order valence-electron chi connectivity index (χ1n) is 8.11. The average Bonchev–Trinajstić information content (AvgIpc) is 2.99. The molecule has 136 valence electrons. The SMILES string of the molecule is CC1=C(C#N)C(c2cc(C)cc(C(F)(F)F)c2)(C(C)C)N2N=CNC2=N1. The van der Waals surface area contributed by atoms with E-state index in [2.05, 4.69) is 21.5 Å². The zero-order chi connectivity index (χ0) is 19.3. The maximum atomic E-state index is 13.4. The Morgan fingerprint density at radius 2 is 1.92 bits per heavy atom. The molecule has 1 atom stereocenters. The molecule has 1 unspecified atom stereocenters. The minimum Gasteiger partial charge on any atom is -0.314 e. The Hall–Kier alpha value is -2.82. The number of alkyl halides is 3. The van der Waals surface area contributed by atoms with Crippen molar-refractivity contribution in [1.82, 2.24) is 10.3 Å². The number of benzene rings is 1. The second-order valence-corrected chi connectivity index (χ2v) is 6.71. The molecule has 26 heavy (non-hydrogen) atoms. The predicted molar refractivity (Wildman–Crippen MR) is 91.9 cm³/mol. The van der Waals surface area contributed by atoms with Crippen LogP contribution in [0.15, 0.2) is 39.6 Å². The summed E-state index contributed by atoms with van der Waals surface area (Å²) in [5, 5.41) is 18.5. The van der Waals surface area contributed by atoms with Gasteiger partial charge in [-0.15, -0.1) is 0 Å². The van der Waals surface area contributed by atoms with Crippen molar-refractivity contribution in [3.8, 4) is 6.07 Å². The number of halogens is 3. The van der Waals surface area contributed by atoms with E-state index in [0.717, 1.165) is 12.1 Å². The van der Waals surface area contributed by atoms with Gasteiger partial charge >= 0.3 is 6.18 Å². The Morgan fingerprint density at radius 3 is 2.50 bits per heavy atom. The van der Waals surface area contributed by atoms with Gasteiger partial charge in [-0.25, -0.2) is 10.0 Å². The molecule has 3 rings (SSSR count). The Kier molecular flexibility index (Phi) is 4.06. The Balaban J connectivity index is 2.37. The molecule has 0 saturated carbocycles. The highest BCUT2D eigenvalue weighted by Crippen LogP contribution is 2.48. The fraction of sp³-hybridized carbons (Fsp3) is 0.389. The van der Waals surface area contributed by atoms with Crippen molar-refractivity contribution in [2.45, 2.75) is 39.4 Å². The third-order valence-corrected chi connectivity index (χ3v) is 4.71. The van der Waals surface area contributed by atoms with Crippen LogP contribution in [0.1, 0.15) is 37.5 Å². The van der Waals surface area contributed by atoms with Crippen molar-refractivity contribution >= 4 is 12.3 Å². The number of aryl methyl sites for hydroxylation is 1. The monoisotopic (exact) mass is 361 g/mol. The Morgan fingerprint density at radius 1 is 1.23 bits per heavy atom. The van der Waals surface area contributed by atoms with E-state index in [1.807, 2.05) is 13.8 Å². The Labute approximate surface area is 149 Å². The third-order valence-electron chi connectivity index (χ3n) is 4.71. The van der Waals surface area contributed by atoms with Gasteiger partial charge in [0.25, 0.3) is 0 Å². The Bertz CT molecular complexity index is 889. The quantitative estimate of drug-likeness (QED) is 0.869. The number of rotatable bonds is 2. The molecule has 0 aliphatic carbocycles. The van der Waals surface area contributed by atoms with Gasteiger partial charge in [-0.3, -0.25) is 0 Å². The van der Waals surface area contributed by atoms with Gasteiger partial charge in [0, 0.05) is 0 Å². The van der Waals surface area contributed by atoms with E-state index in [1.165, 1.54) is 11.3 Å². The standard InChI is InChI=1S/C18H18F3N5/c1-10(2)17(13-5-11(3)6-14(7-13)18(19,20)21)15(8-22)12(4)25-16-23-9-24-26(16)17/h5-7,9-10H,1-4H3,(H,23,24,25).